The van der Waals surface area contributed by atoms with Crippen molar-refractivity contribution in [3.63, 3.8) is 0 Å². The zero-order chi connectivity index (χ0) is 15.8. The molecule has 112 valence electrons. The Bertz CT molecular complexity index is 601. The minimum Gasteiger partial charge on any atom is -0.548 e. The molecule has 1 fully saturated rings. The second-order valence-corrected chi connectivity index (χ2v) is 5.42. The molecule has 1 heterocycles. The van der Waals surface area contributed by atoms with E-state index < -0.39 is 29.5 Å². The number of amides is 3. The maximum atomic E-state index is 12.5. The van der Waals surface area contributed by atoms with Crippen LogP contribution in [0.25, 0.3) is 0 Å². The molecule has 1 aliphatic heterocycles. The normalized spacial score (nSPS) is 23.1. The SMILES string of the molecule is CCC(C(=O)[O-])N1C(=O)NC(C)(c2ccc(Cl)cc2)C1=O. The number of nitrogens with zero attached hydrogens (tertiary/aromatic N) is 1. The van der Waals surface area contributed by atoms with Crippen LogP contribution in [0, 0.1) is 0 Å². The van der Waals surface area contributed by atoms with E-state index in [4.69, 9.17) is 11.6 Å². The molecule has 3 amide bonds. The van der Waals surface area contributed by atoms with Crippen LogP contribution >= 0.6 is 11.6 Å². The van der Waals surface area contributed by atoms with Crippen LogP contribution in [0.3, 0.4) is 0 Å². The third kappa shape index (κ3) is 2.47. The van der Waals surface area contributed by atoms with Crippen molar-refractivity contribution in [2.45, 2.75) is 31.8 Å². The Morgan fingerprint density at radius 1 is 1.38 bits per heavy atom. The zero-order valence-corrected chi connectivity index (χ0v) is 12.3. The van der Waals surface area contributed by atoms with Crippen LogP contribution in [0.4, 0.5) is 4.79 Å². The monoisotopic (exact) mass is 309 g/mol. The first-order valence-electron chi connectivity index (χ1n) is 6.44. The van der Waals surface area contributed by atoms with Crippen LogP contribution < -0.4 is 10.4 Å². The van der Waals surface area contributed by atoms with Gasteiger partial charge in [-0.15, -0.1) is 0 Å². The minimum absolute atomic E-state index is 0.0815. The van der Waals surface area contributed by atoms with E-state index in [1.54, 1.807) is 31.2 Å². The largest absolute Gasteiger partial charge is 0.548 e. The van der Waals surface area contributed by atoms with Crippen LogP contribution in [-0.4, -0.2) is 28.8 Å². The van der Waals surface area contributed by atoms with Gasteiger partial charge in [-0.1, -0.05) is 30.7 Å². The zero-order valence-electron chi connectivity index (χ0n) is 11.6. The number of aliphatic carboxylic acids is 1. The van der Waals surface area contributed by atoms with Gasteiger partial charge in [0.25, 0.3) is 5.91 Å². The fourth-order valence-corrected chi connectivity index (χ4v) is 2.50. The van der Waals surface area contributed by atoms with Gasteiger partial charge in [0, 0.05) is 5.02 Å². The number of urea groups is 1. The molecular formula is C14H14ClN2O4-. The van der Waals surface area contributed by atoms with Gasteiger partial charge in [-0.2, -0.15) is 0 Å². The van der Waals surface area contributed by atoms with E-state index in [0.717, 1.165) is 0 Å². The molecule has 6 nitrogen and oxygen atoms in total. The van der Waals surface area contributed by atoms with E-state index >= 15 is 0 Å². The summed E-state index contributed by atoms with van der Waals surface area (Å²) >= 11 is 5.80. The molecule has 0 spiro atoms. The molecule has 0 radical (unpaired) electrons. The number of rotatable bonds is 4. The summed E-state index contributed by atoms with van der Waals surface area (Å²) in [5, 5.41) is 14.1. The van der Waals surface area contributed by atoms with Gasteiger partial charge in [0.1, 0.15) is 5.54 Å². The Hall–Kier alpha value is -2.08. The summed E-state index contributed by atoms with van der Waals surface area (Å²) in [7, 11) is 0. The Labute approximate surface area is 126 Å². The number of carbonyl (C=O) groups excluding carboxylic acids is 3. The molecule has 0 aliphatic carbocycles. The number of hydrogen-bond donors (Lipinski definition) is 1. The summed E-state index contributed by atoms with van der Waals surface area (Å²) in [5.41, 5.74) is -0.786. The molecular weight excluding hydrogens is 296 g/mol. The maximum Gasteiger partial charge on any atom is 0.325 e. The molecule has 1 aliphatic rings. The Morgan fingerprint density at radius 2 is 1.95 bits per heavy atom. The number of carboxylic acids is 1. The molecule has 0 aromatic heterocycles. The van der Waals surface area contributed by atoms with Crippen molar-refractivity contribution in [2.24, 2.45) is 0 Å². The summed E-state index contributed by atoms with van der Waals surface area (Å²) in [6.45, 7) is 3.09. The fourth-order valence-electron chi connectivity index (χ4n) is 2.38. The number of halogens is 1. The van der Waals surface area contributed by atoms with Crippen LogP contribution in [0.1, 0.15) is 25.8 Å². The molecule has 7 heteroatoms. The highest BCUT2D eigenvalue weighted by Crippen LogP contribution is 2.31. The summed E-state index contributed by atoms with van der Waals surface area (Å²) in [6, 6.07) is 4.40. The van der Waals surface area contributed by atoms with Gasteiger partial charge in [0.15, 0.2) is 0 Å². The number of hydrogen-bond acceptors (Lipinski definition) is 4. The molecule has 0 saturated carbocycles. The van der Waals surface area contributed by atoms with Crippen molar-refractivity contribution in [1.29, 1.82) is 0 Å². The molecule has 2 rings (SSSR count). The number of carboxylic acid groups (broad SMARTS) is 1. The predicted molar refractivity (Wildman–Crippen MR) is 73.3 cm³/mol. The highest BCUT2D eigenvalue weighted by Gasteiger charge is 2.51. The first-order chi connectivity index (χ1) is 9.81. The molecule has 1 N–H and O–H groups in total. The first kappa shape index (κ1) is 15.3. The first-order valence-corrected chi connectivity index (χ1v) is 6.81. The van der Waals surface area contributed by atoms with Crippen molar-refractivity contribution in [2.75, 3.05) is 0 Å². The lowest BCUT2D eigenvalue weighted by atomic mass is 9.92. The maximum absolute atomic E-state index is 12.5. The third-order valence-corrected chi connectivity index (χ3v) is 3.87. The van der Waals surface area contributed by atoms with E-state index in [9.17, 15) is 19.5 Å². The van der Waals surface area contributed by atoms with E-state index in [-0.39, 0.29) is 6.42 Å². The second kappa shape index (κ2) is 5.37. The van der Waals surface area contributed by atoms with Gasteiger partial charge in [0.2, 0.25) is 0 Å². The highest BCUT2D eigenvalue weighted by molar-refractivity contribution is 6.30. The van der Waals surface area contributed by atoms with Gasteiger partial charge in [-0.3, -0.25) is 9.69 Å². The van der Waals surface area contributed by atoms with Crippen LogP contribution in [0.15, 0.2) is 24.3 Å². The molecule has 0 bridgehead atoms. The van der Waals surface area contributed by atoms with Crippen LogP contribution in [0.5, 0.6) is 0 Å². The Kier molecular flexibility index (Phi) is 3.91. The van der Waals surface area contributed by atoms with E-state index in [1.807, 2.05) is 0 Å². The molecule has 21 heavy (non-hydrogen) atoms. The lowest BCUT2D eigenvalue weighted by Crippen LogP contribution is -2.51. The van der Waals surface area contributed by atoms with Crippen molar-refractivity contribution in [3.05, 3.63) is 34.9 Å². The minimum atomic E-state index is -1.46. The van der Waals surface area contributed by atoms with Gasteiger partial charge in [0.05, 0.1) is 12.0 Å². The van der Waals surface area contributed by atoms with Crippen molar-refractivity contribution in [1.82, 2.24) is 10.2 Å². The number of carbonyl (C=O) groups is 3. The lowest BCUT2D eigenvalue weighted by Gasteiger charge is -2.27. The average molecular weight is 310 g/mol. The van der Waals surface area contributed by atoms with Gasteiger partial charge in [-0.25, -0.2) is 4.79 Å². The van der Waals surface area contributed by atoms with Crippen molar-refractivity contribution < 1.29 is 19.5 Å². The molecule has 2 atom stereocenters. The van der Waals surface area contributed by atoms with Gasteiger partial charge < -0.3 is 15.2 Å². The van der Waals surface area contributed by atoms with Gasteiger partial charge in [-0.05, 0) is 31.0 Å². The van der Waals surface area contributed by atoms with E-state index in [2.05, 4.69) is 5.32 Å². The van der Waals surface area contributed by atoms with E-state index in [0.29, 0.717) is 15.5 Å². The summed E-state index contributed by atoms with van der Waals surface area (Å²) in [6.07, 6.45) is 0.0815. The summed E-state index contributed by atoms with van der Waals surface area (Å²) in [4.78, 5) is 36.4. The Balaban J connectivity index is 2.41. The summed E-state index contributed by atoms with van der Waals surface area (Å²) < 4.78 is 0. The predicted octanol–water partition coefficient (Wildman–Crippen LogP) is 0.636. The second-order valence-electron chi connectivity index (χ2n) is 4.98. The fraction of sp³-hybridized carbons (Fsp3) is 0.357. The third-order valence-electron chi connectivity index (χ3n) is 3.61. The number of imide groups is 1. The van der Waals surface area contributed by atoms with Gasteiger partial charge >= 0.3 is 6.03 Å². The molecule has 1 aromatic carbocycles. The molecule has 2 unspecified atom stereocenters. The van der Waals surface area contributed by atoms with Crippen LogP contribution in [-0.2, 0) is 15.1 Å². The molecule has 1 aromatic rings. The summed E-state index contributed by atoms with van der Waals surface area (Å²) in [5.74, 6) is -2.08. The van der Waals surface area contributed by atoms with Crippen molar-refractivity contribution >= 4 is 29.5 Å². The number of nitrogens with one attached hydrogen (secondary N) is 1. The standard InChI is InChI=1S/C14H15ClN2O4/c1-3-10(11(18)19)17-12(20)14(2,16-13(17)21)8-4-6-9(15)7-5-8/h4-7,10H,3H2,1-2H3,(H,16,21)(H,18,19)/p-1. The average Bonchev–Trinajstić information content (AvgIpc) is 2.64. The lowest BCUT2D eigenvalue weighted by molar-refractivity contribution is -0.310. The highest BCUT2D eigenvalue weighted by atomic mass is 35.5. The van der Waals surface area contributed by atoms with Crippen molar-refractivity contribution in [3.8, 4) is 0 Å². The van der Waals surface area contributed by atoms with Crippen LogP contribution in [0.2, 0.25) is 5.02 Å². The van der Waals surface area contributed by atoms with E-state index in [1.165, 1.54) is 6.92 Å². The Morgan fingerprint density at radius 3 is 2.43 bits per heavy atom. The topological polar surface area (TPSA) is 89.5 Å². The molecule has 1 saturated heterocycles. The number of benzene rings is 1. The quantitative estimate of drug-likeness (QED) is 0.826. The smallest absolute Gasteiger partial charge is 0.325 e.